The molecule has 0 bridgehead atoms. The average molecular weight is 350 g/mol. The highest BCUT2D eigenvalue weighted by Gasteiger charge is 2.06. The Balaban J connectivity index is 1.68. The Morgan fingerprint density at radius 1 is 1.12 bits per heavy atom. The number of rotatable bonds is 8. The Kier molecular flexibility index (Phi) is 7.06. The first-order valence-corrected chi connectivity index (χ1v) is 7.91. The lowest BCUT2D eigenvalue weighted by molar-refractivity contribution is -0.114. The highest BCUT2D eigenvalue weighted by molar-refractivity contribution is 6.30. The summed E-state index contributed by atoms with van der Waals surface area (Å²) in [5.41, 5.74) is 1.68. The summed E-state index contributed by atoms with van der Waals surface area (Å²) >= 11 is 5.81. The lowest BCUT2D eigenvalue weighted by Crippen LogP contribution is -2.23. The summed E-state index contributed by atoms with van der Waals surface area (Å²) in [7, 11) is 0. The fourth-order valence-corrected chi connectivity index (χ4v) is 2.10. The van der Waals surface area contributed by atoms with Crippen molar-refractivity contribution < 1.29 is 19.4 Å². The summed E-state index contributed by atoms with van der Waals surface area (Å²) in [4.78, 5) is 10.9. The standard InChI is InChI=1S/C18H20ClNO4/c1-13(21)20-16-6-8-18(9-7-16)24-12-17(22)11-23-10-14-2-4-15(19)5-3-14/h2-9,17,22H,10-12H2,1H3,(H,20,21)/t17-/m0/s1. The number of anilines is 1. The number of nitrogens with one attached hydrogen (secondary N) is 1. The van der Waals surface area contributed by atoms with Gasteiger partial charge in [0.15, 0.2) is 0 Å². The smallest absolute Gasteiger partial charge is 0.221 e. The summed E-state index contributed by atoms with van der Waals surface area (Å²) in [6, 6.07) is 14.3. The van der Waals surface area contributed by atoms with Gasteiger partial charge in [0.2, 0.25) is 5.91 Å². The third-order valence-corrected chi connectivity index (χ3v) is 3.36. The van der Waals surface area contributed by atoms with Crippen LogP contribution in [0.3, 0.4) is 0 Å². The van der Waals surface area contributed by atoms with Crippen molar-refractivity contribution in [3.63, 3.8) is 0 Å². The van der Waals surface area contributed by atoms with E-state index < -0.39 is 6.10 Å². The molecule has 2 N–H and O–H groups in total. The molecule has 2 rings (SSSR count). The van der Waals surface area contributed by atoms with E-state index in [0.717, 1.165) is 5.56 Å². The zero-order valence-electron chi connectivity index (χ0n) is 13.4. The molecule has 0 radical (unpaired) electrons. The van der Waals surface area contributed by atoms with Crippen LogP contribution in [-0.2, 0) is 16.1 Å². The lowest BCUT2D eigenvalue weighted by Gasteiger charge is -2.13. The Morgan fingerprint density at radius 3 is 2.42 bits per heavy atom. The summed E-state index contributed by atoms with van der Waals surface area (Å²) in [5, 5.41) is 13.2. The fraction of sp³-hybridized carbons (Fsp3) is 0.278. The molecule has 0 heterocycles. The second-order valence-corrected chi connectivity index (χ2v) is 5.75. The number of hydrogen-bond acceptors (Lipinski definition) is 4. The number of carbonyl (C=O) groups excluding carboxylic acids is 1. The Morgan fingerprint density at radius 2 is 1.79 bits per heavy atom. The number of hydrogen-bond donors (Lipinski definition) is 2. The molecule has 128 valence electrons. The van der Waals surface area contributed by atoms with E-state index in [-0.39, 0.29) is 19.1 Å². The van der Waals surface area contributed by atoms with Gasteiger partial charge in [-0.25, -0.2) is 0 Å². The molecule has 0 aliphatic rings. The molecule has 2 aromatic carbocycles. The molecule has 6 heteroatoms. The van der Waals surface area contributed by atoms with Crippen LogP contribution in [0.4, 0.5) is 5.69 Å². The van der Waals surface area contributed by atoms with Gasteiger partial charge in [0.1, 0.15) is 18.5 Å². The first kappa shape index (κ1) is 18.3. The molecule has 0 fully saturated rings. The van der Waals surface area contributed by atoms with Crippen LogP contribution in [0.25, 0.3) is 0 Å². The maximum Gasteiger partial charge on any atom is 0.221 e. The van der Waals surface area contributed by atoms with E-state index in [2.05, 4.69) is 5.32 Å². The van der Waals surface area contributed by atoms with E-state index in [4.69, 9.17) is 21.1 Å². The topological polar surface area (TPSA) is 67.8 Å². The molecule has 0 aliphatic heterocycles. The summed E-state index contributed by atoms with van der Waals surface area (Å²) in [5.74, 6) is 0.484. The molecule has 0 aromatic heterocycles. The van der Waals surface area contributed by atoms with Crippen molar-refractivity contribution in [3.8, 4) is 5.75 Å². The van der Waals surface area contributed by atoms with Gasteiger partial charge in [0, 0.05) is 17.6 Å². The van der Waals surface area contributed by atoms with Crippen LogP contribution in [0.1, 0.15) is 12.5 Å². The number of ether oxygens (including phenoxy) is 2. The van der Waals surface area contributed by atoms with Crippen molar-refractivity contribution in [1.29, 1.82) is 0 Å². The average Bonchev–Trinajstić information content (AvgIpc) is 2.55. The number of benzene rings is 2. The predicted octanol–water partition coefficient (Wildman–Crippen LogP) is 3.25. The quantitative estimate of drug-likeness (QED) is 0.767. The number of aliphatic hydroxyl groups excluding tert-OH is 1. The van der Waals surface area contributed by atoms with Gasteiger partial charge in [0.05, 0.1) is 13.2 Å². The number of halogens is 1. The van der Waals surface area contributed by atoms with E-state index in [1.165, 1.54) is 6.92 Å². The van der Waals surface area contributed by atoms with Crippen molar-refractivity contribution in [2.75, 3.05) is 18.5 Å². The van der Waals surface area contributed by atoms with Crippen molar-refractivity contribution in [2.45, 2.75) is 19.6 Å². The Hall–Kier alpha value is -2.08. The van der Waals surface area contributed by atoms with Crippen LogP contribution >= 0.6 is 11.6 Å². The molecule has 1 amide bonds. The van der Waals surface area contributed by atoms with Gasteiger partial charge < -0.3 is 19.9 Å². The number of carbonyl (C=O) groups is 1. The van der Waals surface area contributed by atoms with Crippen LogP contribution < -0.4 is 10.1 Å². The molecule has 24 heavy (non-hydrogen) atoms. The second kappa shape index (κ2) is 9.27. The highest BCUT2D eigenvalue weighted by Crippen LogP contribution is 2.16. The number of amides is 1. The summed E-state index contributed by atoms with van der Waals surface area (Å²) < 4.78 is 10.9. The van der Waals surface area contributed by atoms with Gasteiger partial charge in [0.25, 0.3) is 0 Å². The van der Waals surface area contributed by atoms with Gasteiger partial charge >= 0.3 is 0 Å². The van der Waals surface area contributed by atoms with Gasteiger partial charge in [-0.15, -0.1) is 0 Å². The zero-order chi connectivity index (χ0) is 17.4. The maximum absolute atomic E-state index is 10.9. The Bertz CT molecular complexity index is 643. The molecule has 2 aromatic rings. The van der Waals surface area contributed by atoms with Gasteiger partial charge in [-0.3, -0.25) is 4.79 Å². The molecular formula is C18H20ClNO4. The lowest BCUT2D eigenvalue weighted by atomic mass is 10.2. The van der Waals surface area contributed by atoms with Gasteiger partial charge in [-0.1, -0.05) is 23.7 Å². The van der Waals surface area contributed by atoms with Gasteiger partial charge in [-0.05, 0) is 42.0 Å². The van der Waals surface area contributed by atoms with E-state index in [0.29, 0.717) is 23.1 Å². The first-order chi connectivity index (χ1) is 11.5. The van der Waals surface area contributed by atoms with Crippen LogP contribution in [0.5, 0.6) is 5.75 Å². The van der Waals surface area contributed by atoms with Crippen LogP contribution in [0.15, 0.2) is 48.5 Å². The molecule has 0 saturated carbocycles. The SMILES string of the molecule is CC(=O)Nc1ccc(OC[C@@H](O)COCc2ccc(Cl)cc2)cc1. The van der Waals surface area contributed by atoms with E-state index in [1.807, 2.05) is 12.1 Å². The predicted molar refractivity (Wildman–Crippen MR) is 93.4 cm³/mol. The maximum atomic E-state index is 10.9. The minimum Gasteiger partial charge on any atom is -0.491 e. The van der Waals surface area contributed by atoms with E-state index in [1.54, 1.807) is 36.4 Å². The monoisotopic (exact) mass is 349 g/mol. The van der Waals surface area contributed by atoms with Crippen LogP contribution in [0.2, 0.25) is 5.02 Å². The zero-order valence-corrected chi connectivity index (χ0v) is 14.1. The van der Waals surface area contributed by atoms with E-state index >= 15 is 0 Å². The fourth-order valence-electron chi connectivity index (χ4n) is 1.97. The van der Waals surface area contributed by atoms with Crippen LogP contribution in [-0.4, -0.2) is 30.3 Å². The Labute approximate surface area is 146 Å². The molecule has 1 atom stereocenters. The molecule has 0 unspecified atom stereocenters. The third kappa shape index (κ3) is 6.58. The van der Waals surface area contributed by atoms with Crippen molar-refractivity contribution >= 4 is 23.2 Å². The molecule has 0 spiro atoms. The van der Waals surface area contributed by atoms with Crippen molar-refractivity contribution in [3.05, 3.63) is 59.1 Å². The molecule has 0 saturated heterocycles. The van der Waals surface area contributed by atoms with Crippen molar-refractivity contribution in [2.24, 2.45) is 0 Å². The van der Waals surface area contributed by atoms with Crippen LogP contribution in [0, 0.1) is 0 Å². The van der Waals surface area contributed by atoms with Crippen molar-refractivity contribution in [1.82, 2.24) is 0 Å². The minimum atomic E-state index is -0.729. The largest absolute Gasteiger partial charge is 0.491 e. The normalized spacial score (nSPS) is 11.8. The number of aliphatic hydroxyl groups is 1. The highest BCUT2D eigenvalue weighted by atomic mass is 35.5. The van der Waals surface area contributed by atoms with E-state index in [9.17, 15) is 9.90 Å². The summed E-state index contributed by atoms with van der Waals surface area (Å²) in [6.45, 7) is 2.15. The molecular weight excluding hydrogens is 330 g/mol. The molecule has 5 nitrogen and oxygen atoms in total. The summed E-state index contributed by atoms with van der Waals surface area (Å²) in [6.07, 6.45) is -0.729. The second-order valence-electron chi connectivity index (χ2n) is 5.31. The molecule has 0 aliphatic carbocycles. The first-order valence-electron chi connectivity index (χ1n) is 7.53. The van der Waals surface area contributed by atoms with Gasteiger partial charge in [-0.2, -0.15) is 0 Å². The minimum absolute atomic E-state index is 0.125. The third-order valence-electron chi connectivity index (χ3n) is 3.11.